The van der Waals surface area contributed by atoms with E-state index < -0.39 is 17.4 Å². The van der Waals surface area contributed by atoms with Crippen LogP contribution in [0.4, 0.5) is 14.9 Å². The zero-order chi connectivity index (χ0) is 13.4. The van der Waals surface area contributed by atoms with E-state index in [0.29, 0.717) is 5.69 Å². The van der Waals surface area contributed by atoms with Gasteiger partial charge in [0, 0.05) is 5.54 Å². The molecule has 0 saturated heterocycles. The third kappa shape index (κ3) is 3.01. The fraction of sp³-hybridized carbons (Fsp3) is 0.364. The van der Waals surface area contributed by atoms with Crippen LogP contribution < -0.4 is 4.90 Å². The molecule has 94 valence electrons. The monoisotopic (exact) mass is 371 g/mol. The Morgan fingerprint density at radius 1 is 1.47 bits per heavy atom. The first-order valence-corrected chi connectivity index (χ1v) is 6.28. The Morgan fingerprint density at radius 3 is 2.41 bits per heavy atom. The number of rotatable bonds is 1. The van der Waals surface area contributed by atoms with Crippen molar-refractivity contribution >= 4 is 46.0 Å². The lowest BCUT2D eigenvalue weighted by molar-refractivity contribution is 0.195. The number of carbonyl (C=O) groups is 1. The van der Waals surface area contributed by atoms with Gasteiger partial charge in [0.2, 0.25) is 0 Å². The topological polar surface area (TPSA) is 40.5 Å². The zero-order valence-corrected chi connectivity index (χ0v) is 12.5. The molecule has 1 amide bonds. The van der Waals surface area contributed by atoms with Gasteiger partial charge in [0.15, 0.2) is 5.82 Å². The number of halogens is 3. The fourth-order valence-corrected chi connectivity index (χ4v) is 2.47. The van der Waals surface area contributed by atoms with E-state index >= 15 is 0 Å². The van der Waals surface area contributed by atoms with Crippen molar-refractivity contribution in [3.63, 3.8) is 0 Å². The normalized spacial score (nSPS) is 11.4. The minimum Gasteiger partial charge on any atom is -0.465 e. The van der Waals surface area contributed by atoms with E-state index in [-0.39, 0.29) is 8.59 Å². The number of anilines is 1. The van der Waals surface area contributed by atoms with E-state index in [2.05, 4.69) is 0 Å². The van der Waals surface area contributed by atoms with Gasteiger partial charge >= 0.3 is 6.09 Å². The van der Waals surface area contributed by atoms with Crippen LogP contribution in [0.25, 0.3) is 0 Å². The van der Waals surface area contributed by atoms with Crippen molar-refractivity contribution in [3.8, 4) is 0 Å². The molecular formula is C11H12ClFINO2. The Labute approximate surface area is 118 Å². The molecular weight excluding hydrogens is 359 g/mol. The van der Waals surface area contributed by atoms with Gasteiger partial charge in [0.1, 0.15) is 0 Å². The van der Waals surface area contributed by atoms with Gasteiger partial charge < -0.3 is 5.11 Å². The largest absolute Gasteiger partial charge is 0.465 e. The van der Waals surface area contributed by atoms with E-state index in [1.54, 1.807) is 43.4 Å². The molecule has 3 nitrogen and oxygen atoms in total. The molecule has 0 radical (unpaired) electrons. The van der Waals surface area contributed by atoms with Gasteiger partial charge in [-0.3, -0.25) is 4.90 Å². The molecule has 0 spiro atoms. The number of hydrogen-bond donors (Lipinski definition) is 1. The number of benzene rings is 1. The summed E-state index contributed by atoms with van der Waals surface area (Å²) in [6, 6.07) is 2.86. The predicted octanol–water partition coefficient (Wildman–Crippen LogP) is 4.37. The number of carboxylic acid groups (broad SMARTS) is 1. The molecule has 1 aromatic rings. The van der Waals surface area contributed by atoms with Crippen LogP contribution in [-0.4, -0.2) is 16.7 Å². The number of hydrogen-bond acceptors (Lipinski definition) is 1. The zero-order valence-electron chi connectivity index (χ0n) is 9.59. The third-order valence-electron chi connectivity index (χ3n) is 2.12. The summed E-state index contributed by atoms with van der Waals surface area (Å²) in [4.78, 5) is 12.4. The first-order chi connectivity index (χ1) is 7.66. The summed E-state index contributed by atoms with van der Waals surface area (Å²) in [5.74, 6) is -0.597. The van der Waals surface area contributed by atoms with Crippen molar-refractivity contribution in [1.29, 1.82) is 0 Å². The summed E-state index contributed by atoms with van der Waals surface area (Å²) in [7, 11) is 0. The van der Waals surface area contributed by atoms with Gasteiger partial charge in [0.25, 0.3) is 0 Å². The summed E-state index contributed by atoms with van der Waals surface area (Å²) in [5, 5.41) is 9.20. The van der Waals surface area contributed by atoms with E-state index in [9.17, 15) is 14.3 Å². The maximum Gasteiger partial charge on any atom is 0.412 e. The second-order valence-corrected chi connectivity index (χ2v) is 5.97. The Hall–Kier alpha value is -0.560. The van der Waals surface area contributed by atoms with Gasteiger partial charge in [-0.25, -0.2) is 9.18 Å². The average Bonchev–Trinajstić information content (AvgIpc) is 2.16. The van der Waals surface area contributed by atoms with E-state index in [1.807, 2.05) is 0 Å². The van der Waals surface area contributed by atoms with Gasteiger partial charge in [-0.15, -0.1) is 0 Å². The van der Waals surface area contributed by atoms with Crippen molar-refractivity contribution in [3.05, 3.63) is 26.5 Å². The molecule has 0 heterocycles. The summed E-state index contributed by atoms with van der Waals surface area (Å²) < 4.78 is 13.8. The lowest BCUT2D eigenvalue weighted by Crippen LogP contribution is -2.45. The molecule has 1 N–H and O–H groups in total. The molecule has 0 atom stereocenters. The smallest absolute Gasteiger partial charge is 0.412 e. The molecule has 6 heteroatoms. The van der Waals surface area contributed by atoms with Crippen molar-refractivity contribution in [1.82, 2.24) is 0 Å². The van der Waals surface area contributed by atoms with Crippen LogP contribution in [0.5, 0.6) is 0 Å². The van der Waals surface area contributed by atoms with Crippen LogP contribution in [0, 0.1) is 9.39 Å². The molecule has 1 rings (SSSR count). The van der Waals surface area contributed by atoms with Gasteiger partial charge in [-0.2, -0.15) is 0 Å². The summed E-state index contributed by atoms with van der Waals surface area (Å²) >= 11 is 7.39. The first kappa shape index (κ1) is 14.5. The summed E-state index contributed by atoms with van der Waals surface area (Å²) in [6.07, 6.45) is -1.13. The van der Waals surface area contributed by atoms with Gasteiger partial charge in [-0.1, -0.05) is 11.6 Å². The Bertz CT molecular complexity index is 460. The lowest BCUT2D eigenvalue weighted by atomic mass is 10.1. The molecule has 1 aromatic carbocycles. The second kappa shape index (κ2) is 4.97. The average molecular weight is 372 g/mol. The van der Waals surface area contributed by atoms with Crippen molar-refractivity contribution in [2.24, 2.45) is 0 Å². The van der Waals surface area contributed by atoms with Crippen LogP contribution >= 0.6 is 34.2 Å². The molecule has 0 aliphatic rings. The van der Waals surface area contributed by atoms with Crippen LogP contribution in [0.1, 0.15) is 20.8 Å². The van der Waals surface area contributed by atoms with Crippen molar-refractivity contribution in [2.45, 2.75) is 26.3 Å². The van der Waals surface area contributed by atoms with Gasteiger partial charge in [-0.05, 0) is 55.5 Å². The highest BCUT2D eigenvalue weighted by molar-refractivity contribution is 14.1. The van der Waals surface area contributed by atoms with Crippen LogP contribution in [0.3, 0.4) is 0 Å². The Kier molecular flexibility index (Phi) is 4.24. The molecule has 0 aliphatic carbocycles. The highest BCUT2D eigenvalue weighted by Crippen LogP contribution is 2.33. The van der Waals surface area contributed by atoms with E-state index in [1.165, 1.54) is 12.1 Å². The van der Waals surface area contributed by atoms with Crippen molar-refractivity contribution < 1.29 is 14.3 Å². The maximum absolute atomic E-state index is 13.6. The predicted molar refractivity (Wildman–Crippen MR) is 74.4 cm³/mol. The van der Waals surface area contributed by atoms with E-state index in [4.69, 9.17) is 11.6 Å². The second-order valence-electron chi connectivity index (χ2n) is 4.48. The molecule has 0 aromatic heterocycles. The third-order valence-corrected chi connectivity index (χ3v) is 3.44. The van der Waals surface area contributed by atoms with Crippen molar-refractivity contribution in [2.75, 3.05) is 4.90 Å². The molecule has 0 aliphatic heterocycles. The quantitative estimate of drug-likeness (QED) is 0.588. The molecule has 0 bridgehead atoms. The van der Waals surface area contributed by atoms with Gasteiger partial charge in [0.05, 0.1) is 14.3 Å². The highest BCUT2D eigenvalue weighted by atomic mass is 127. The molecule has 17 heavy (non-hydrogen) atoms. The highest BCUT2D eigenvalue weighted by Gasteiger charge is 2.30. The fourth-order valence-electron chi connectivity index (χ4n) is 1.44. The molecule has 0 fully saturated rings. The van der Waals surface area contributed by atoms with Crippen LogP contribution in [0.15, 0.2) is 12.1 Å². The Balaban J connectivity index is 3.40. The molecule has 0 saturated carbocycles. The first-order valence-electron chi connectivity index (χ1n) is 4.83. The van der Waals surface area contributed by atoms with Crippen LogP contribution in [-0.2, 0) is 0 Å². The van der Waals surface area contributed by atoms with Crippen LogP contribution in [0.2, 0.25) is 5.02 Å². The minimum atomic E-state index is -1.13. The maximum atomic E-state index is 13.6. The minimum absolute atomic E-state index is 0.0163. The number of nitrogens with zero attached hydrogens (tertiary/aromatic N) is 1. The van der Waals surface area contributed by atoms with E-state index in [0.717, 1.165) is 4.90 Å². The summed E-state index contributed by atoms with van der Waals surface area (Å²) in [6.45, 7) is 5.22. The Morgan fingerprint density at radius 2 is 2.00 bits per heavy atom. The number of amides is 1. The molecule has 0 unspecified atom stereocenters. The summed E-state index contributed by atoms with van der Waals surface area (Å²) in [5.41, 5.74) is -0.362. The SMILES string of the molecule is CC(C)(C)N(C(=O)O)c1ccc(Cl)c(F)c1I. The standard InChI is InChI=1S/C11H12ClFINO2/c1-11(2,3)15(10(16)17)7-5-4-6(12)8(13)9(7)14/h4-5H,1-3H3,(H,16,17). The lowest BCUT2D eigenvalue weighted by Gasteiger charge is -2.33.